The third-order valence-electron chi connectivity index (χ3n) is 7.35. The molecule has 0 radical (unpaired) electrons. The van der Waals surface area contributed by atoms with E-state index < -0.39 is 0 Å². The molecule has 0 amide bonds. The molecule has 3 saturated carbocycles. The van der Waals surface area contributed by atoms with Gasteiger partial charge in [-0.15, -0.1) is 0 Å². The molecular formula is C19H26O2. The number of hydrogen-bond acceptors (Lipinski definition) is 2. The summed E-state index contributed by atoms with van der Waals surface area (Å²) in [6, 6.07) is 0. The Hall–Kier alpha value is -0.920. The van der Waals surface area contributed by atoms with Crippen molar-refractivity contribution in [1.82, 2.24) is 0 Å². The zero-order valence-corrected chi connectivity index (χ0v) is 13.2. The molecule has 0 aromatic heterocycles. The zero-order chi connectivity index (χ0) is 14.8. The normalized spacial score (nSPS) is 49.2. The Morgan fingerprint density at radius 1 is 1.14 bits per heavy atom. The predicted octanol–water partition coefficient (Wildman–Crippen LogP) is 3.94. The van der Waals surface area contributed by atoms with Crippen molar-refractivity contribution < 1.29 is 9.59 Å². The molecule has 0 aliphatic heterocycles. The van der Waals surface area contributed by atoms with Crippen molar-refractivity contribution in [2.75, 3.05) is 0 Å². The molecule has 0 heterocycles. The Morgan fingerprint density at radius 3 is 2.76 bits per heavy atom. The Morgan fingerprint density at radius 2 is 1.95 bits per heavy atom. The number of carbonyl (C=O) groups is 2. The second kappa shape index (κ2) is 4.54. The molecule has 0 N–H and O–H groups in total. The van der Waals surface area contributed by atoms with Crippen molar-refractivity contribution >= 4 is 11.6 Å². The van der Waals surface area contributed by atoms with Gasteiger partial charge in [-0.25, -0.2) is 0 Å². The van der Waals surface area contributed by atoms with E-state index in [1.54, 1.807) is 0 Å². The van der Waals surface area contributed by atoms with Gasteiger partial charge >= 0.3 is 0 Å². The number of Topliss-reactive ketones (excluding diaryl/α,β-unsaturated/α-hetero) is 1. The first-order chi connectivity index (χ1) is 10.0. The lowest BCUT2D eigenvalue weighted by Gasteiger charge is -2.54. The van der Waals surface area contributed by atoms with Crippen molar-refractivity contribution in [2.45, 2.75) is 58.8 Å². The number of hydrogen-bond donors (Lipinski definition) is 0. The number of allylic oxidation sites excluding steroid dienone is 1. The molecule has 2 heteroatoms. The number of fused-ring (bicyclic) bond motifs is 5. The van der Waals surface area contributed by atoms with E-state index >= 15 is 0 Å². The minimum absolute atomic E-state index is 0.0267. The van der Waals surface area contributed by atoms with Crippen molar-refractivity contribution in [3.63, 3.8) is 0 Å². The van der Waals surface area contributed by atoms with Gasteiger partial charge in [-0.3, -0.25) is 9.59 Å². The third kappa shape index (κ3) is 1.83. The van der Waals surface area contributed by atoms with E-state index in [4.69, 9.17) is 0 Å². The fourth-order valence-corrected chi connectivity index (χ4v) is 6.36. The monoisotopic (exact) mass is 286 g/mol. The molecule has 0 saturated heterocycles. The van der Waals surface area contributed by atoms with Crippen LogP contribution in [0, 0.1) is 35.0 Å². The van der Waals surface area contributed by atoms with Gasteiger partial charge in [0.1, 0.15) is 5.78 Å². The van der Waals surface area contributed by atoms with E-state index in [2.05, 4.69) is 13.8 Å². The molecule has 5 unspecified atom stereocenters. The SMILES string of the molecule is CC1CC2=CC(=O)CCC2C2CC[C@]3(C)C(=O)CCC3C12. The molecule has 4 aliphatic carbocycles. The van der Waals surface area contributed by atoms with Gasteiger partial charge in [-0.1, -0.05) is 19.4 Å². The van der Waals surface area contributed by atoms with Gasteiger partial charge in [0.05, 0.1) is 0 Å². The van der Waals surface area contributed by atoms with Crippen molar-refractivity contribution in [2.24, 2.45) is 35.0 Å². The van der Waals surface area contributed by atoms with Crippen molar-refractivity contribution in [3.05, 3.63) is 11.6 Å². The van der Waals surface area contributed by atoms with Crippen LogP contribution in [0.5, 0.6) is 0 Å². The molecule has 0 bridgehead atoms. The summed E-state index contributed by atoms with van der Waals surface area (Å²) in [5.74, 6) is 4.20. The first-order valence-electron chi connectivity index (χ1n) is 8.77. The average molecular weight is 286 g/mol. The Labute approximate surface area is 127 Å². The quantitative estimate of drug-likeness (QED) is 0.676. The van der Waals surface area contributed by atoms with Crippen LogP contribution in [-0.4, -0.2) is 11.6 Å². The number of rotatable bonds is 0. The molecule has 6 atom stereocenters. The average Bonchev–Trinajstić information content (AvgIpc) is 2.74. The smallest absolute Gasteiger partial charge is 0.155 e. The van der Waals surface area contributed by atoms with Gasteiger partial charge in [0.2, 0.25) is 0 Å². The van der Waals surface area contributed by atoms with E-state index in [-0.39, 0.29) is 5.41 Å². The highest BCUT2D eigenvalue weighted by molar-refractivity contribution is 5.91. The summed E-state index contributed by atoms with van der Waals surface area (Å²) in [6.45, 7) is 4.61. The van der Waals surface area contributed by atoms with Gasteiger partial charge < -0.3 is 0 Å². The zero-order valence-electron chi connectivity index (χ0n) is 13.2. The molecule has 4 aliphatic rings. The van der Waals surface area contributed by atoms with E-state index in [0.29, 0.717) is 35.2 Å². The number of ketones is 2. The topological polar surface area (TPSA) is 34.1 Å². The summed E-state index contributed by atoms with van der Waals surface area (Å²) >= 11 is 0. The van der Waals surface area contributed by atoms with Crippen LogP contribution in [0.3, 0.4) is 0 Å². The Kier molecular flexibility index (Phi) is 2.96. The van der Waals surface area contributed by atoms with Crippen LogP contribution in [0.4, 0.5) is 0 Å². The maximum absolute atomic E-state index is 12.4. The fourth-order valence-electron chi connectivity index (χ4n) is 6.36. The van der Waals surface area contributed by atoms with Crippen LogP contribution in [0.15, 0.2) is 11.6 Å². The van der Waals surface area contributed by atoms with E-state index in [0.717, 1.165) is 44.4 Å². The molecule has 0 aromatic rings. The number of carbonyl (C=O) groups excluding carboxylic acids is 2. The molecule has 4 rings (SSSR count). The third-order valence-corrected chi connectivity index (χ3v) is 7.35. The molecule has 3 fully saturated rings. The molecule has 21 heavy (non-hydrogen) atoms. The van der Waals surface area contributed by atoms with E-state index in [1.807, 2.05) is 6.08 Å². The Balaban J connectivity index is 1.70. The lowest BCUT2D eigenvalue weighted by molar-refractivity contribution is -0.132. The van der Waals surface area contributed by atoms with Crippen LogP contribution in [0.1, 0.15) is 58.8 Å². The minimum Gasteiger partial charge on any atom is -0.299 e. The molecular weight excluding hydrogens is 260 g/mol. The van der Waals surface area contributed by atoms with Gasteiger partial charge in [0.25, 0.3) is 0 Å². The maximum Gasteiger partial charge on any atom is 0.155 e. The van der Waals surface area contributed by atoms with Gasteiger partial charge in [0.15, 0.2) is 5.78 Å². The summed E-state index contributed by atoms with van der Waals surface area (Å²) < 4.78 is 0. The van der Waals surface area contributed by atoms with Crippen LogP contribution in [0.25, 0.3) is 0 Å². The molecule has 0 aromatic carbocycles. The largest absolute Gasteiger partial charge is 0.299 e. The van der Waals surface area contributed by atoms with Crippen LogP contribution in [0.2, 0.25) is 0 Å². The Bertz CT molecular complexity index is 532. The lowest BCUT2D eigenvalue weighted by Crippen LogP contribution is -2.49. The van der Waals surface area contributed by atoms with Crippen LogP contribution in [-0.2, 0) is 9.59 Å². The summed E-state index contributed by atoms with van der Waals surface area (Å²) in [5.41, 5.74) is 1.41. The summed E-state index contributed by atoms with van der Waals surface area (Å²) in [7, 11) is 0. The second-order valence-corrected chi connectivity index (χ2v) is 8.28. The standard InChI is InChI=1S/C19H26O2/c1-11-9-12-10-13(20)3-4-14(12)15-7-8-19(2)16(18(11)15)5-6-17(19)21/h10-11,14-16,18H,3-9H2,1-2H3/t11?,14?,15?,16?,18?,19-/m0/s1. The fraction of sp³-hybridized carbons (Fsp3) is 0.789. The highest BCUT2D eigenvalue weighted by Gasteiger charge is 2.57. The minimum atomic E-state index is -0.0267. The first-order valence-corrected chi connectivity index (χ1v) is 8.77. The molecule has 114 valence electrons. The second-order valence-electron chi connectivity index (χ2n) is 8.28. The van der Waals surface area contributed by atoms with Crippen LogP contribution < -0.4 is 0 Å². The maximum atomic E-state index is 12.4. The molecule has 0 spiro atoms. The molecule has 2 nitrogen and oxygen atoms in total. The summed E-state index contributed by atoms with van der Waals surface area (Å²) in [4.78, 5) is 24.1. The van der Waals surface area contributed by atoms with Crippen LogP contribution >= 0.6 is 0 Å². The lowest BCUT2D eigenvalue weighted by atomic mass is 9.50. The predicted molar refractivity (Wildman–Crippen MR) is 81.6 cm³/mol. The van der Waals surface area contributed by atoms with Gasteiger partial charge in [0, 0.05) is 18.3 Å². The van der Waals surface area contributed by atoms with Gasteiger partial charge in [-0.05, 0) is 67.8 Å². The van der Waals surface area contributed by atoms with Gasteiger partial charge in [-0.2, -0.15) is 0 Å². The van der Waals surface area contributed by atoms with Crippen molar-refractivity contribution in [1.29, 1.82) is 0 Å². The highest BCUT2D eigenvalue weighted by Crippen LogP contribution is 2.61. The highest BCUT2D eigenvalue weighted by atomic mass is 16.1. The van der Waals surface area contributed by atoms with E-state index in [1.165, 1.54) is 12.0 Å². The summed E-state index contributed by atoms with van der Waals surface area (Å²) in [5, 5.41) is 0. The summed E-state index contributed by atoms with van der Waals surface area (Å²) in [6.07, 6.45) is 9.08. The van der Waals surface area contributed by atoms with E-state index in [9.17, 15) is 9.59 Å². The first kappa shape index (κ1) is 13.7. The van der Waals surface area contributed by atoms with Crippen molar-refractivity contribution in [3.8, 4) is 0 Å².